The maximum atomic E-state index is 8.25. The largest absolute Gasteiger partial charge is 2.00 e. The molecular formula is C20H28CuN10O6. The van der Waals surface area contributed by atoms with Gasteiger partial charge in [-0.3, -0.25) is 20.0 Å². The Balaban J connectivity index is 0.000000535. The zero-order valence-electron chi connectivity index (χ0n) is 21.5. The summed E-state index contributed by atoms with van der Waals surface area (Å²) in [6.07, 6.45) is 0. The first-order valence-electron chi connectivity index (χ1n) is 10.8. The molecule has 0 aliphatic carbocycles. The summed E-state index contributed by atoms with van der Waals surface area (Å²) in [4.78, 5) is 51.5. The molecule has 4 atom stereocenters. The molecule has 4 heterocycles. The molecule has 16 nitrogen and oxygen atoms in total. The molecular weight excluding hydrogens is 540 g/mol. The molecule has 0 spiro atoms. The topological polar surface area (TPSA) is 231 Å². The van der Waals surface area contributed by atoms with E-state index in [4.69, 9.17) is 30.6 Å². The number of nitrogens with zero attached hydrogens (tertiary/aromatic N) is 10. The van der Waals surface area contributed by atoms with Gasteiger partial charge < -0.3 is 30.6 Å². The van der Waals surface area contributed by atoms with Gasteiger partial charge in [-0.25, -0.2) is 20.0 Å². The van der Waals surface area contributed by atoms with E-state index < -0.39 is 10.2 Å². The van der Waals surface area contributed by atoms with E-state index >= 15 is 0 Å². The second-order valence-electron chi connectivity index (χ2n) is 7.97. The Labute approximate surface area is 223 Å². The number of hydrogen-bond donors (Lipinski definition) is 0. The minimum absolute atomic E-state index is 0. The van der Waals surface area contributed by atoms with E-state index in [2.05, 4.69) is 39.9 Å². The summed E-state index contributed by atoms with van der Waals surface area (Å²) >= 11 is 0. The van der Waals surface area contributed by atoms with Crippen LogP contribution in [0.25, 0.3) is 0 Å². The van der Waals surface area contributed by atoms with Crippen molar-refractivity contribution in [3.63, 3.8) is 0 Å². The maximum absolute atomic E-state index is 8.25. The fraction of sp³-hybridized carbons (Fsp3) is 0.600. The summed E-state index contributed by atoms with van der Waals surface area (Å²) in [5.74, 6) is 2.77. The van der Waals surface area contributed by atoms with E-state index in [1.165, 1.54) is 0 Å². The minimum Gasteiger partial charge on any atom is -0.356 e. The Morgan fingerprint density at radius 1 is 0.486 bits per heavy atom. The van der Waals surface area contributed by atoms with Crippen molar-refractivity contribution >= 4 is 46.2 Å². The molecule has 0 N–H and O–H groups in total. The summed E-state index contributed by atoms with van der Waals surface area (Å²) < 4.78 is 0. The van der Waals surface area contributed by atoms with E-state index in [-0.39, 0.29) is 41.2 Å². The van der Waals surface area contributed by atoms with Gasteiger partial charge in [0.25, 0.3) is 0 Å². The van der Waals surface area contributed by atoms with Crippen molar-refractivity contribution in [2.24, 2.45) is 39.9 Å². The SMILES string of the molecule is CC1=NC(C2=NC(C)C(C)=N2)=NC1C.CC1=NC(C2=NC(C)C(C)=N2)=NC1C.O=[N+]([O-])[O-].O=[N+]([O-])[O-].[Cu+2]. The molecule has 0 amide bonds. The van der Waals surface area contributed by atoms with Gasteiger partial charge in [0.15, 0.2) is 23.3 Å². The van der Waals surface area contributed by atoms with Gasteiger partial charge in [-0.05, 0) is 55.4 Å². The minimum atomic E-state index is -1.75. The quantitative estimate of drug-likeness (QED) is 0.276. The Bertz CT molecular complexity index is 966. The van der Waals surface area contributed by atoms with Gasteiger partial charge in [0.2, 0.25) is 0 Å². The number of hydrogen-bond acceptors (Lipinski definition) is 14. The van der Waals surface area contributed by atoms with E-state index in [1.807, 2.05) is 55.4 Å². The van der Waals surface area contributed by atoms with Crippen molar-refractivity contribution in [2.45, 2.75) is 79.6 Å². The van der Waals surface area contributed by atoms with Gasteiger partial charge in [0, 0.05) is 22.8 Å². The van der Waals surface area contributed by atoms with Crippen LogP contribution < -0.4 is 0 Å². The van der Waals surface area contributed by atoms with Gasteiger partial charge >= 0.3 is 17.1 Å². The fourth-order valence-electron chi connectivity index (χ4n) is 2.70. The molecule has 1 radical (unpaired) electrons. The zero-order chi connectivity index (χ0) is 27.7. The average Bonchev–Trinajstić information content (AvgIpc) is 3.46. The van der Waals surface area contributed by atoms with Crippen LogP contribution in [0, 0.1) is 30.6 Å². The van der Waals surface area contributed by atoms with E-state index in [0.717, 1.165) is 22.8 Å². The Kier molecular flexibility index (Phi) is 13.3. The standard InChI is InChI=1S/2C10H14N4.Cu.2NO3/c2*1-5-6(2)12-9(11-5)10-13-7(3)8(4)14-10;;2*2-1(3)4/h2*5,7H,1-4H3;;;/q;;+2;2*-1. The van der Waals surface area contributed by atoms with E-state index in [9.17, 15) is 0 Å². The van der Waals surface area contributed by atoms with Crippen LogP contribution in [0.15, 0.2) is 39.9 Å². The van der Waals surface area contributed by atoms with Gasteiger partial charge in [0.05, 0.1) is 34.3 Å². The second kappa shape index (κ2) is 14.7. The van der Waals surface area contributed by atoms with Crippen molar-refractivity contribution in [2.75, 3.05) is 0 Å². The molecule has 4 rings (SSSR count). The molecule has 4 unspecified atom stereocenters. The third kappa shape index (κ3) is 10.8. The van der Waals surface area contributed by atoms with Gasteiger partial charge in [-0.15, -0.1) is 0 Å². The second-order valence-corrected chi connectivity index (χ2v) is 7.97. The van der Waals surface area contributed by atoms with Crippen LogP contribution in [0.5, 0.6) is 0 Å². The monoisotopic (exact) mass is 567 g/mol. The maximum Gasteiger partial charge on any atom is 2.00 e. The average molecular weight is 568 g/mol. The zero-order valence-corrected chi connectivity index (χ0v) is 22.5. The molecule has 0 bridgehead atoms. The first kappa shape index (κ1) is 33.3. The summed E-state index contributed by atoms with van der Waals surface area (Å²) in [5.41, 5.74) is 4.15. The summed E-state index contributed by atoms with van der Waals surface area (Å²) in [7, 11) is 0. The molecule has 0 fully saturated rings. The van der Waals surface area contributed by atoms with Crippen molar-refractivity contribution in [1.82, 2.24) is 0 Å². The molecule has 17 heteroatoms. The Hall–Kier alpha value is -3.72. The Morgan fingerprint density at radius 3 is 0.703 bits per heavy atom. The van der Waals surface area contributed by atoms with Crippen LogP contribution in [0.3, 0.4) is 0 Å². The molecule has 0 aromatic rings. The number of amidine groups is 4. The molecule has 0 aromatic carbocycles. The fourth-order valence-corrected chi connectivity index (χ4v) is 2.70. The van der Waals surface area contributed by atoms with Crippen LogP contribution >= 0.6 is 0 Å². The van der Waals surface area contributed by atoms with Crippen molar-refractivity contribution in [1.29, 1.82) is 0 Å². The molecule has 0 saturated carbocycles. The van der Waals surface area contributed by atoms with Crippen LogP contribution in [0.1, 0.15) is 55.4 Å². The van der Waals surface area contributed by atoms with Crippen molar-refractivity contribution in [3.8, 4) is 0 Å². The van der Waals surface area contributed by atoms with Gasteiger partial charge in [-0.1, -0.05) is 0 Å². The third-order valence-electron chi connectivity index (χ3n) is 5.21. The summed E-state index contributed by atoms with van der Waals surface area (Å²) in [6.45, 7) is 16.0. The summed E-state index contributed by atoms with van der Waals surface area (Å²) in [5, 5.41) is 29.5. The van der Waals surface area contributed by atoms with E-state index in [1.54, 1.807) is 0 Å². The van der Waals surface area contributed by atoms with E-state index in [0.29, 0.717) is 23.3 Å². The first-order valence-corrected chi connectivity index (χ1v) is 10.8. The molecule has 0 saturated heterocycles. The summed E-state index contributed by atoms with van der Waals surface area (Å²) in [6, 6.07) is 0.719. The molecule has 0 aromatic heterocycles. The predicted octanol–water partition coefficient (Wildman–Crippen LogP) is 2.54. The normalized spacial score (nSPS) is 24.9. The molecule has 205 valence electrons. The smallest absolute Gasteiger partial charge is 0.356 e. The van der Waals surface area contributed by atoms with Gasteiger partial charge in [0.1, 0.15) is 0 Å². The van der Waals surface area contributed by atoms with Crippen LogP contribution in [-0.2, 0) is 17.1 Å². The third-order valence-corrected chi connectivity index (χ3v) is 5.21. The Morgan fingerprint density at radius 2 is 0.622 bits per heavy atom. The molecule has 4 aliphatic heterocycles. The molecule has 4 aliphatic rings. The number of rotatable bonds is 2. The van der Waals surface area contributed by atoms with Crippen molar-refractivity contribution < 1.29 is 27.2 Å². The predicted molar refractivity (Wildman–Crippen MR) is 141 cm³/mol. The first-order chi connectivity index (χ1) is 16.6. The number of aliphatic imine (C=N–C) groups is 8. The van der Waals surface area contributed by atoms with Crippen LogP contribution in [-0.4, -0.2) is 80.5 Å². The molecule has 37 heavy (non-hydrogen) atoms. The van der Waals surface area contributed by atoms with Crippen molar-refractivity contribution in [3.05, 3.63) is 30.6 Å². The van der Waals surface area contributed by atoms with Crippen LogP contribution in [0.4, 0.5) is 0 Å². The van der Waals surface area contributed by atoms with Crippen LogP contribution in [0.2, 0.25) is 0 Å². The van der Waals surface area contributed by atoms with Gasteiger partial charge in [-0.2, -0.15) is 0 Å².